The van der Waals surface area contributed by atoms with E-state index in [2.05, 4.69) is 4.72 Å². The van der Waals surface area contributed by atoms with Gasteiger partial charge in [0.15, 0.2) is 11.6 Å². The van der Waals surface area contributed by atoms with E-state index in [1.807, 2.05) is 31.2 Å². The molecule has 6 heteroatoms. The molecule has 0 saturated carbocycles. The maximum absolute atomic E-state index is 13.6. The van der Waals surface area contributed by atoms with Crippen LogP contribution in [0.25, 0.3) is 0 Å². The molecule has 4 nitrogen and oxygen atoms in total. The molecule has 0 aromatic heterocycles. The maximum atomic E-state index is 13.6. The molecule has 0 aliphatic carbocycles. The maximum Gasteiger partial charge on any atom is 0.240 e. The van der Waals surface area contributed by atoms with Crippen molar-refractivity contribution < 1.29 is 17.5 Å². The van der Waals surface area contributed by atoms with E-state index in [4.69, 9.17) is 4.74 Å². The van der Waals surface area contributed by atoms with E-state index in [9.17, 15) is 12.8 Å². The lowest BCUT2D eigenvalue weighted by Gasteiger charge is -2.09. The second-order valence-corrected chi connectivity index (χ2v) is 6.38. The largest absolute Gasteiger partial charge is 0.494 e. The number of hydrogen-bond donors (Lipinski definition) is 1. The quantitative estimate of drug-likeness (QED) is 0.923. The van der Waals surface area contributed by atoms with Gasteiger partial charge < -0.3 is 4.74 Å². The van der Waals surface area contributed by atoms with Gasteiger partial charge in [0.2, 0.25) is 10.0 Å². The number of halogens is 1. The first-order chi connectivity index (χ1) is 9.92. The van der Waals surface area contributed by atoms with Crippen molar-refractivity contribution in [2.75, 3.05) is 7.11 Å². The van der Waals surface area contributed by atoms with Crippen molar-refractivity contribution in [2.45, 2.75) is 18.4 Å². The van der Waals surface area contributed by atoms with Crippen molar-refractivity contribution in [3.8, 4) is 5.75 Å². The van der Waals surface area contributed by atoms with E-state index in [0.29, 0.717) is 0 Å². The van der Waals surface area contributed by atoms with Crippen LogP contribution in [-0.2, 0) is 16.6 Å². The van der Waals surface area contributed by atoms with Crippen molar-refractivity contribution in [3.63, 3.8) is 0 Å². The summed E-state index contributed by atoms with van der Waals surface area (Å²) in [6.07, 6.45) is 0. The van der Waals surface area contributed by atoms with Crippen LogP contribution in [0.1, 0.15) is 11.1 Å². The van der Waals surface area contributed by atoms with Crippen LogP contribution in [0.5, 0.6) is 5.75 Å². The second kappa shape index (κ2) is 6.24. The fourth-order valence-electron chi connectivity index (χ4n) is 1.90. The standard InChI is InChI=1S/C15H16FNO3S/c1-11-4-3-5-12(8-11)10-17-21(18,19)13-6-7-15(20-2)14(16)9-13/h3-9,17H,10H2,1-2H3. The predicted molar refractivity (Wildman–Crippen MR) is 78.2 cm³/mol. The first-order valence-electron chi connectivity index (χ1n) is 6.31. The Hall–Kier alpha value is -1.92. The fraction of sp³-hybridized carbons (Fsp3) is 0.200. The van der Waals surface area contributed by atoms with Crippen molar-refractivity contribution in [1.29, 1.82) is 0 Å². The third-order valence-corrected chi connectivity index (χ3v) is 4.38. The minimum absolute atomic E-state index is 0.00707. The zero-order valence-electron chi connectivity index (χ0n) is 11.8. The van der Waals surface area contributed by atoms with Crippen LogP contribution >= 0.6 is 0 Å². The van der Waals surface area contributed by atoms with Crippen LogP contribution in [0.4, 0.5) is 4.39 Å². The Morgan fingerprint density at radius 2 is 1.95 bits per heavy atom. The van der Waals surface area contributed by atoms with Crippen molar-refractivity contribution in [2.24, 2.45) is 0 Å². The number of sulfonamides is 1. The Morgan fingerprint density at radius 1 is 1.19 bits per heavy atom. The number of benzene rings is 2. The highest BCUT2D eigenvalue weighted by molar-refractivity contribution is 7.89. The Balaban J connectivity index is 2.17. The predicted octanol–water partition coefficient (Wildman–Crippen LogP) is 2.62. The summed E-state index contributed by atoms with van der Waals surface area (Å²) in [6.45, 7) is 2.08. The molecule has 0 radical (unpaired) electrons. The molecule has 0 unspecified atom stereocenters. The number of hydrogen-bond acceptors (Lipinski definition) is 3. The molecule has 2 rings (SSSR count). The molecular weight excluding hydrogens is 293 g/mol. The lowest BCUT2D eigenvalue weighted by molar-refractivity contribution is 0.385. The van der Waals surface area contributed by atoms with Gasteiger partial charge in [-0.15, -0.1) is 0 Å². The molecule has 2 aromatic carbocycles. The SMILES string of the molecule is COc1ccc(S(=O)(=O)NCc2cccc(C)c2)cc1F. The van der Waals surface area contributed by atoms with E-state index in [1.54, 1.807) is 0 Å². The topological polar surface area (TPSA) is 55.4 Å². The van der Waals surface area contributed by atoms with Crippen molar-refractivity contribution in [3.05, 3.63) is 59.4 Å². The molecule has 0 spiro atoms. The van der Waals surface area contributed by atoms with Crippen LogP contribution in [0.3, 0.4) is 0 Å². The molecule has 0 aliphatic heterocycles. The summed E-state index contributed by atoms with van der Waals surface area (Å²) >= 11 is 0. The van der Waals surface area contributed by atoms with E-state index in [-0.39, 0.29) is 17.2 Å². The van der Waals surface area contributed by atoms with Crippen LogP contribution < -0.4 is 9.46 Å². The molecular formula is C15H16FNO3S. The molecule has 0 amide bonds. The molecule has 0 heterocycles. The van der Waals surface area contributed by atoms with E-state index >= 15 is 0 Å². The Kier molecular flexibility index (Phi) is 4.59. The summed E-state index contributed by atoms with van der Waals surface area (Å²) < 4.78 is 45.0. The molecule has 0 atom stereocenters. The lowest BCUT2D eigenvalue weighted by atomic mass is 10.1. The summed E-state index contributed by atoms with van der Waals surface area (Å²) in [4.78, 5) is -0.131. The average molecular weight is 309 g/mol. The molecule has 0 fully saturated rings. The first kappa shape index (κ1) is 15.5. The van der Waals surface area contributed by atoms with Gasteiger partial charge in [-0.1, -0.05) is 29.8 Å². The van der Waals surface area contributed by atoms with Gasteiger partial charge in [-0.25, -0.2) is 17.5 Å². The molecule has 21 heavy (non-hydrogen) atoms. The van der Waals surface area contributed by atoms with E-state index in [0.717, 1.165) is 17.2 Å². The highest BCUT2D eigenvalue weighted by Gasteiger charge is 2.16. The van der Waals surface area contributed by atoms with E-state index < -0.39 is 15.8 Å². The number of aryl methyl sites for hydroxylation is 1. The Labute approximate surface area is 123 Å². The minimum atomic E-state index is -3.76. The van der Waals surface area contributed by atoms with Crippen LogP contribution in [0.15, 0.2) is 47.4 Å². The second-order valence-electron chi connectivity index (χ2n) is 4.61. The number of nitrogens with one attached hydrogen (secondary N) is 1. The van der Waals surface area contributed by atoms with Crippen LogP contribution in [0, 0.1) is 12.7 Å². The Morgan fingerprint density at radius 3 is 2.57 bits per heavy atom. The number of rotatable bonds is 5. The summed E-state index contributed by atoms with van der Waals surface area (Å²) in [7, 11) is -2.44. The third kappa shape index (κ3) is 3.80. The van der Waals surface area contributed by atoms with Gasteiger partial charge in [0.05, 0.1) is 12.0 Å². The van der Waals surface area contributed by atoms with Gasteiger partial charge in [-0.3, -0.25) is 0 Å². The van der Waals surface area contributed by atoms with Crippen LogP contribution in [0.2, 0.25) is 0 Å². The van der Waals surface area contributed by atoms with Crippen LogP contribution in [-0.4, -0.2) is 15.5 Å². The highest BCUT2D eigenvalue weighted by Crippen LogP contribution is 2.20. The molecule has 0 bridgehead atoms. The van der Waals surface area contributed by atoms with Gasteiger partial charge in [-0.2, -0.15) is 0 Å². The smallest absolute Gasteiger partial charge is 0.240 e. The highest BCUT2D eigenvalue weighted by atomic mass is 32.2. The molecule has 0 aliphatic rings. The van der Waals surface area contributed by atoms with Gasteiger partial charge in [0, 0.05) is 6.54 Å². The van der Waals surface area contributed by atoms with Crippen molar-refractivity contribution in [1.82, 2.24) is 4.72 Å². The molecule has 2 aromatic rings. The normalized spacial score (nSPS) is 11.4. The minimum Gasteiger partial charge on any atom is -0.494 e. The number of methoxy groups -OCH3 is 1. The van der Waals surface area contributed by atoms with Gasteiger partial charge in [0.25, 0.3) is 0 Å². The zero-order valence-corrected chi connectivity index (χ0v) is 12.6. The number of ether oxygens (including phenoxy) is 1. The fourth-order valence-corrected chi connectivity index (χ4v) is 2.93. The lowest BCUT2D eigenvalue weighted by Crippen LogP contribution is -2.23. The average Bonchev–Trinajstić information content (AvgIpc) is 2.45. The van der Waals surface area contributed by atoms with Crippen molar-refractivity contribution >= 4 is 10.0 Å². The molecule has 0 saturated heterocycles. The summed E-state index contributed by atoms with van der Waals surface area (Å²) in [5, 5.41) is 0. The Bertz CT molecular complexity index is 744. The first-order valence-corrected chi connectivity index (χ1v) is 7.79. The van der Waals surface area contributed by atoms with Gasteiger partial charge in [-0.05, 0) is 30.7 Å². The molecule has 112 valence electrons. The third-order valence-electron chi connectivity index (χ3n) is 2.98. The summed E-state index contributed by atoms with van der Waals surface area (Å²) in [5.41, 5.74) is 1.88. The van der Waals surface area contributed by atoms with Gasteiger partial charge in [0.1, 0.15) is 0 Å². The molecule has 1 N–H and O–H groups in total. The summed E-state index contributed by atoms with van der Waals surface area (Å²) in [6, 6.07) is 11.0. The van der Waals surface area contributed by atoms with E-state index in [1.165, 1.54) is 19.2 Å². The monoisotopic (exact) mass is 309 g/mol. The van der Waals surface area contributed by atoms with Gasteiger partial charge >= 0.3 is 0 Å². The summed E-state index contributed by atoms with van der Waals surface area (Å²) in [5.74, 6) is -0.705. The zero-order chi connectivity index (χ0) is 15.5.